The molecule has 0 radical (unpaired) electrons. The topological polar surface area (TPSA) is 52.6 Å². The third-order valence-corrected chi connectivity index (χ3v) is 4.25. The summed E-state index contributed by atoms with van der Waals surface area (Å²) in [4.78, 5) is 24.6. The van der Waals surface area contributed by atoms with Gasteiger partial charge in [0.25, 0.3) is 0 Å². The minimum absolute atomic E-state index is 0.0967. The standard InChI is InChI=1S/C20H21BrO4/c1-4-24-19(23)20(2,3)25-17-7-5-6-16(12-17)18(22)15-10-8-14(13-21)9-11-15/h5-12H,4,13H2,1-3H3. The van der Waals surface area contributed by atoms with E-state index in [9.17, 15) is 9.59 Å². The zero-order chi connectivity index (χ0) is 18.4. The van der Waals surface area contributed by atoms with Gasteiger partial charge < -0.3 is 9.47 Å². The van der Waals surface area contributed by atoms with E-state index in [1.807, 2.05) is 12.1 Å². The predicted molar refractivity (Wildman–Crippen MR) is 100 cm³/mol. The van der Waals surface area contributed by atoms with Crippen molar-refractivity contribution in [3.63, 3.8) is 0 Å². The predicted octanol–water partition coefficient (Wildman–Crippen LogP) is 4.53. The highest BCUT2D eigenvalue weighted by Gasteiger charge is 2.31. The van der Waals surface area contributed by atoms with Gasteiger partial charge in [-0.2, -0.15) is 0 Å². The first-order valence-corrected chi connectivity index (χ1v) is 9.15. The monoisotopic (exact) mass is 404 g/mol. The molecule has 2 aromatic carbocycles. The molecule has 0 bridgehead atoms. The molecule has 4 nitrogen and oxygen atoms in total. The Morgan fingerprint density at radius 2 is 1.72 bits per heavy atom. The third-order valence-electron chi connectivity index (χ3n) is 3.61. The van der Waals surface area contributed by atoms with Crippen molar-refractivity contribution in [2.24, 2.45) is 0 Å². The number of ether oxygens (including phenoxy) is 2. The zero-order valence-corrected chi connectivity index (χ0v) is 16.1. The van der Waals surface area contributed by atoms with E-state index in [0.717, 1.165) is 10.9 Å². The molecule has 0 amide bonds. The van der Waals surface area contributed by atoms with Crippen molar-refractivity contribution in [1.29, 1.82) is 0 Å². The Bertz CT molecular complexity index is 751. The van der Waals surface area contributed by atoms with Gasteiger partial charge in [-0.1, -0.05) is 52.3 Å². The van der Waals surface area contributed by atoms with Crippen LogP contribution in [0, 0.1) is 0 Å². The van der Waals surface area contributed by atoms with Crippen LogP contribution in [0.3, 0.4) is 0 Å². The van der Waals surface area contributed by atoms with Crippen molar-refractivity contribution >= 4 is 27.7 Å². The maximum Gasteiger partial charge on any atom is 0.349 e. The molecule has 5 heteroatoms. The van der Waals surface area contributed by atoms with E-state index >= 15 is 0 Å². The smallest absolute Gasteiger partial charge is 0.349 e. The largest absolute Gasteiger partial charge is 0.476 e. The summed E-state index contributed by atoms with van der Waals surface area (Å²) >= 11 is 3.38. The van der Waals surface area contributed by atoms with Gasteiger partial charge in [-0.05, 0) is 38.5 Å². The van der Waals surface area contributed by atoms with Crippen molar-refractivity contribution < 1.29 is 19.1 Å². The maximum absolute atomic E-state index is 12.6. The lowest BCUT2D eigenvalue weighted by Crippen LogP contribution is -2.39. The van der Waals surface area contributed by atoms with Gasteiger partial charge in [-0.15, -0.1) is 0 Å². The third kappa shape index (κ3) is 4.92. The summed E-state index contributed by atoms with van der Waals surface area (Å²) in [6.07, 6.45) is 0. The van der Waals surface area contributed by atoms with Gasteiger partial charge in [-0.25, -0.2) is 4.79 Å². The van der Waals surface area contributed by atoms with Gasteiger partial charge in [0.1, 0.15) is 5.75 Å². The molecule has 0 aromatic heterocycles. The van der Waals surface area contributed by atoms with Crippen molar-refractivity contribution in [3.8, 4) is 5.75 Å². The average molecular weight is 405 g/mol. The first-order valence-electron chi connectivity index (χ1n) is 8.03. The molecule has 0 aliphatic rings. The van der Waals surface area contributed by atoms with Crippen LogP contribution in [0.4, 0.5) is 0 Å². The molecule has 132 valence electrons. The summed E-state index contributed by atoms with van der Waals surface area (Å²) < 4.78 is 10.8. The lowest BCUT2D eigenvalue weighted by molar-refractivity contribution is -0.158. The first kappa shape index (κ1) is 19.2. The summed E-state index contributed by atoms with van der Waals surface area (Å²) in [5.74, 6) is -0.0985. The van der Waals surface area contributed by atoms with E-state index in [2.05, 4.69) is 15.9 Å². The van der Waals surface area contributed by atoms with E-state index in [4.69, 9.17) is 9.47 Å². The minimum atomic E-state index is -1.13. The van der Waals surface area contributed by atoms with Crippen LogP contribution in [0.1, 0.15) is 42.3 Å². The van der Waals surface area contributed by atoms with E-state index in [0.29, 0.717) is 16.9 Å². The summed E-state index contributed by atoms with van der Waals surface area (Å²) in [5.41, 5.74) is 1.08. The molecular weight excluding hydrogens is 384 g/mol. The Hall–Kier alpha value is -2.14. The SMILES string of the molecule is CCOC(=O)C(C)(C)Oc1cccc(C(=O)c2ccc(CBr)cc2)c1. The number of alkyl halides is 1. The van der Waals surface area contributed by atoms with Gasteiger partial charge in [0.05, 0.1) is 6.61 Å². The molecule has 2 aromatic rings. The van der Waals surface area contributed by atoms with E-state index in [1.165, 1.54) is 0 Å². The van der Waals surface area contributed by atoms with Crippen LogP contribution in [0.25, 0.3) is 0 Å². The Morgan fingerprint density at radius 1 is 1.04 bits per heavy atom. The van der Waals surface area contributed by atoms with Crippen LogP contribution in [-0.4, -0.2) is 24.0 Å². The molecule has 0 fully saturated rings. The molecule has 0 saturated carbocycles. The Morgan fingerprint density at radius 3 is 2.32 bits per heavy atom. The summed E-state index contributed by atoms with van der Waals surface area (Å²) in [6.45, 7) is 5.31. The van der Waals surface area contributed by atoms with Crippen molar-refractivity contribution in [2.45, 2.75) is 31.7 Å². The van der Waals surface area contributed by atoms with Crippen LogP contribution < -0.4 is 4.74 Å². The molecule has 0 aliphatic heterocycles. The number of rotatable bonds is 7. The van der Waals surface area contributed by atoms with Crippen molar-refractivity contribution in [2.75, 3.05) is 6.61 Å². The number of ketones is 1. The number of hydrogen-bond acceptors (Lipinski definition) is 4. The number of hydrogen-bond donors (Lipinski definition) is 0. The first-order chi connectivity index (χ1) is 11.9. The highest BCUT2D eigenvalue weighted by atomic mass is 79.9. The Balaban J connectivity index is 2.20. The lowest BCUT2D eigenvalue weighted by Gasteiger charge is -2.24. The molecule has 0 unspecified atom stereocenters. The van der Waals surface area contributed by atoms with Crippen LogP contribution in [-0.2, 0) is 14.9 Å². The summed E-state index contributed by atoms with van der Waals surface area (Å²) in [5, 5.41) is 0.744. The summed E-state index contributed by atoms with van der Waals surface area (Å²) in [6, 6.07) is 14.2. The molecule has 2 rings (SSSR count). The van der Waals surface area contributed by atoms with Gasteiger partial charge in [0.15, 0.2) is 11.4 Å². The molecule has 0 spiro atoms. The van der Waals surface area contributed by atoms with Crippen LogP contribution in [0.2, 0.25) is 0 Å². The minimum Gasteiger partial charge on any atom is -0.476 e. The number of carbonyl (C=O) groups excluding carboxylic acids is 2. The lowest BCUT2D eigenvalue weighted by atomic mass is 10.0. The molecule has 25 heavy (non-hydrogen) atoms. The normalized spacial score (nSPS) is 11.0. The van der Waals surface area contributed by atoms with Crippen molar-refractivity contribution in [3.05, 3.63) is 65.2 Å². The second kappa shape index (κ2) is 8.30. The van der Waals surface area contributed by atoms with Gasteiger partial charge in [-0.3, -0.25) is 4.79 Å². The van der Waals surface area contributed by atoms with Gasteiger partial charge in [0.2, 0.25) is 0 Å². The van der Waals surface area contributed by atoms with Crippen LogP contribution in [0.15, 0.2) is 48.5 Å². The van der Waals surface area contributed by atoms with Crippen LogP contribution >= 0.6 is 15.9 Å². The number of halogens is 1. The van der Waals surface area contributed by atoms with E-state index in [1.54, 1.807) is 57.2 Å². The molecule has 0 atom stereocenters. The van der Waals surface area contributed by atoms with Gasteiger partial charge in [0, 0.05) is 16.5 Å². The maximum atomic E-state index is 12.6. The fourth-order valence-electron chi connectivity index (χ4n) is 2.25. The van der Waals surface area contributed by atoms with E-state index in [-0.39, 0.29) is 12.4 Å². The fourth-order valence-corrected chi connectivity index (χ4v) is 2.63. The van der Waals surface area contributed by atoms with Crippen molar-refractivity contribution in [1.82, 2.24) is 0 Å². The summed E-state index contributed by atoms with van der Waals surface area (Å²) in [7, 11) is 0. The number of esters is 1. The Labute approximate surface area is 156 Å². The molecule has 0 N–H and O–H groups in total. The Kier molecular flexibility index (Phi) is 6.37. The second-order valence-corrected chi connectivity index (χ2v) is 6.58. The molecular formula is C20H21BrO4. The quantitative estimate of drug-likeness (QED) is 0.386. The number of benzene rings is 2. The molecule has 0 saturated heterocycles. The average Bonchev–Trinajstić information content (AvgIpc) is 2.61. The number of carbonyl (C=O) groups is 2. The van der Waals surface area contributed by atoms with Gasteiger partial charge >= 0.3 is 5.97 Å². The van der Waals surface area contributed by atoms with E-state index < -0.39 is 11.6 Å². The highest BCUT2D eigenvalue weighted by molar-refractivity contribution is 9.08. The molecule has 0 aliphatic carbocycles. The highest BCUT2D eigenvalue weighted by Crippen LogP contribution is 2.22. The zero-order valence-electron chi connectivity index (χ0n) is 14.5. The van der Waals surface area contributed by atoms with Crippen LogP contribution in [0.5, 0.6) is 5.75 Å². The fraction of sp³-hybridized carbons (Fsp3) is 0.300. The second-order valence-electron chi connectivity index (χ2n) is 6.02. The molecule has 0 heterocycles.